The van der Waals surface area contributed by atoms with Gasteiger partial charge < -0.3 is 39.9 Å². The average Bonchev–Trinajstić information content (AvgIpc) is 3.18. The Morgan fingerprint density at radius 1 is 1.30 bits per heavy atom. The van der Waals surface area contributed by atoms with E-state index in [9.17, 15) is 24.8 Å². The first-order valence-corrected chi connectivity index (χ1v) is 12.3. The summed E-state index contributed by atoms with van der Waals surface area (Å²) in [5.74, 6) is 0.564. The number of methoxy groups -OCH3 is 1. The van der Waals surface area contributed by atoms with Gasteiger partial charge in [0.2, 0.25) is 0 Å². The lowest BCUT2D eigenvalue weighted by Gasteiger charge is -2.36. The number of anilines is 1. The number of ether oxygens (including phenoxy) is 2. The van der Waals surface area contributed by atoms with E-state index in [0.29, 0.717) is 17.7 Å². The van der Waals surface area contributed by atoms with Crippen molar-refractivity contribution in [3.8, 4) is 5.75 Å². The number of aliphatic hydroxyl groups is 3. The summed E-state index contributed by atoms with van der Waals surface area (Å²) in [4.78, 5) is 18.8. The van der Waals surface area contributed by atoms with Crippen LogP contribution in [0.5, 0.6) is 5.75 Å². The van der Waals surface area contributed by atoms with Crippen LogP contribution in [0.2, 0.25) is 0 Å². The molecule has 0 aliphatic carbocycles. The van der Waals surface area contributed by atoms with Crippen molar-refractivity contribution in [2.75, 3.05) is 26.1 Å². The van der Waals surface area contributed by atoms with Crippen LogP contribution in [0.25, 0.3) is 11.2 Å². The molecule has 0 saturated heterocycles. The molecule has 0 amide bonds. The maximum absolute atomic E-state index is 12.6. The molecule has 0 spiro atoms. The van der Waals surface area contributed by atoms with Gasteiger partial charge in [-0.2, -0.15) is 0 Å². The molecule has 0 saturated carbocycles. The molecule has 0 fully saturated rings. The summed E-state index contributed by atoms with van der Waals surface area (Å²) < 4.78 is 30.7. The van der Waals surface area contributed by atoms with E-state index in [-0.39, 0.29) is 30.9 Å². The third-order valence-corrected chi connectivity index (χ3v) is 8.04. The van der Waals surface area contributed by atoms with E-state index in [0.717, 1.165) is 0 Å². The van der Waals surface area contributed by atoms with Crippen molar-refractivity contribution in [1.29, 1.82) is 0 Å². The molecule has 12 nitrogen and oxygen atoms in total. The summed E-state index contributed by atoms with van der Waals surface area (Å²) in [5, 5.41) is 28.3. The number of aliphatic hydroxyl groups excluding tert-OH is 2. The summed E-state index contributed by atoms with van der Waals surface area (Å²) in [5.41, 5.74) is 5.44. The largest absolute Gasteiger partial charge is 0.494 e. The molecule has 33 heavy (non-hydrogen) atoms. The van der Waals surface area contributed by atoms with Gasteiger partial charge in [0.15, 0.2) is 23.0 Å². The molecule has 3 unspecified atom stereocenters. The smallest absolute Gasteiger partial charge is 0.359 e. The minimum Gasteiger partial charge on any atom is -0.494 e. The van der Waals surface area contributed by atoms with Crippen LogP contribution >= 0.6 is 7.60 Å². The molecule has 0 aromatic carbocycles. The van der Waals surface area contributed by atoms with Gasteiger partial charge in [-0.3, -0.25) is 9.13 Å². The molecule has 13 heteroatoms. The Kier molecular flexibility index (Phi) is 8.86. The molecule has 5 atom stereocenters. The van der Waals surface area contributed by atoms with Gasteiger partial charge in [-0.05, 0) is 26.7 Å². The number of rotatable bonds is 13. The van der Waals surface area contributed by atoms with Crippen LogP contribution < -0.4 is 10.5 Å². The van der Waals surface area contributed by atoms with E-state index in [1.54, 1.807) is 20.8 Å². The van der Waals surface area contributed by atoms with Gasteiger partial charge in [0, 0.05) is 12.5 Å². The minimum atomic E-state index is -4.36. The molecule has 2 rings (SSSR count). The lowest BCUT2D eigenvalue weighted by Crippen LogP contribution is -2.35. The second-order valence-electron chi connectivity index (χ2n) is 8.32. The van der Waals surface area contributed by atoms with E-state index in [2.05, 4.69) is 9.97 Å². The topological polar surface area (TPSA) is 182 Å². The van der Waals surface area contributed by atoms with Crippen LogP contribution in [0.15, 0.2) is 12.4 Å². The number of nitrogens with zero attached hydrogens (tertiary/aromatic N) is 3. The third kappa shape index (κ3) is 6.02. The first-order chi connectivity index (χ1) is 15.3. The van der Waals surface area contributed by atoms with Crippen molar-refractivity contribution in [2.45, 2.75) is 70.2 Å². The van der Waals surface area contributed by atoms with E-state index >= 15 is 0 Å². The van der Waals surface area contributed by atoms with Gasteiger partial charge in [0.25, 0.3) is 0 Å². The fourth-order valence-electron chi connectivity index (χ4n) is 3.08. The average molecular weight is 490 g/mol. The summed E-state index contributed by atoms with van der Waals surface area (Å²) in [6.45, 7) is 5.65. The van der Waals surface area contributed by atoms with E-state index in [4.69, 9.17) is 19.7 Å². The minimum absolute atomic E-state index is 0.0144. The standard InChI is InChI=1S/C20H35N4O8P/c1-6-19(3,32-33(28,29)20(4,27)7-2)8-9-31-18(13(26)11-25)24-12-22-16-14(30-5)10-15(21)23-17(16)24/h10,12-13,18,25-27H,6-9,11H2,1-5H3,(H2,21,23)(H,28,29)/t13-,18-,19?,20?/m1/s1. The summed E-state index contributed by atoms with van der Waals surface area (Å²) in [6, 6.07) is 1.51. The molecule has 2 aromatic rings. The highest BCUT2D eigenvalue weighted by Crippen LogP contribution is 2.58. The SMILES string of the molecule is CCC(C)(CCO[C@H]([C@H](O)CO)n1cnc2c(OC)cc(N)nc21)OP(=O)(O)C(C)(O)CC. The van der Waals surface area contributed by atoms with Crippen LogP contribution in [0.3, 0.4) is 0 Å². The zero-order chi connectivity index (χ0) is 25.0. The number of nitrogen functional groups attached to an aromatic ring is 1. The highest BCUT2D eigenvalue weighted by atomic mass is 31.2. The first-order valence-electron chi connectivity index (χ1n) is 10.7. The number of pyridine rings is 1. The molecule has 6 N–H and O–H groups in total. The third-order valence-electron chi connectivity index (χ3n) is 5.82. The highest BCUT2D eigenvalue weighted by molar-refractivity contribution is 7.54. The lowest BCUT2D eigenvalue weighted by atomic mass is 10.0. The molecule has 188 valence electrons. The Balaban J connectivity index is 2.25. The quantitative estimate of drug-likeness (QED) is 0.258. The summed E-state index contributed by atoms with van der Waals surface area (Å²) in [7, 11) is -2.90. The predicted molar refractivity (Wildman–Crippen MR) is 122 cm³/mol. The number of imidazole rings is 1. The Morgan fingerprint density at radius 3 is 2.52 bits per heavy atom. The molecule has 0 radical (unpaired) electrons. The van der Waals surface area contributed by atoms with Crippen molar-refractivity contribution in [3.63, 3.8) is 0 Å². The molecule has 0 aliphatic heterocycles. The lowest BCUT2D eigenvalue weighted by molar-refractivity contribution is -0.107. The summed E-state index contributed by atoms with van der Waals surface area (Å²) in [6.07, 6.45) is -0.464. The van der Waals surface area contributed by atoms with Gasteiger partial charge in [-0.1, -0.05) is 13.8 Å². The van der Waals surface area contributed by atoms with Crippen LogP contribution in [-0.4, -0.2) is 72.1 Å². The second-order valence-corrected chi connectivity index (χ2v) is 10.5. The van der Waals surface area contributed by atoms with Gasteiger partial charge in [-0.15, -0.1) is 0 Å². The van der Waals surface area contributed by atoms with E-state index in [1.165, 1.54) is 31.0 Å². The molecule has 0 bridgehead atoms. The number of aromatic nitrogens is 3. The van der Waals surface area contributed by atoms with Crippen LogP contribution in [0.4, 0.5) is 5.82 Å². The van der Waals surface area contributed by atoms with E-state index < -0.39 is 37.5 Å². The number of hydrogen-bond donors (Lipinski definition) is 5. The summed E-state index contributed by atoms with van der Waals surface area (Å²) >= 11 is 0. The number of fused-ring (bicyclic) bond motifs is 1. The van der Waals surface area contributed by atoms with E-state index in [1.807, 2.05) is 0 Å². The van der Waals surface area contributed by atoms with Crippen molar-refractivity contribution in [3.05, 3.63) is 12.4 Å². The maximum atomic E-state index is 12.6. The second kappa shape index (κ2) is 10.6. The Hall–Kier alpha value is -1.79. The van der Waals surface area contributed by atoms with Crippen molar-refractivity contribution >= 4 is 24.6 Å². The molecule has 2 aromatic heterocycles. The zero-order valence-electron chi connectivity index (χ0n) is 19.6. The predicted octanol–water partition coefficient (Wildman–Crippen LogP) is 1.77. The molecule has 2 heterocycles. The Bertz CT molecular complexity index is 984. The number of nitrogens with two attached hydrogens (primary N) is 1. The molecular formula is C20H35N4O8P. The fraction of sp³-hybridized carbons (Fsp3) is 0.700. The molecule has 0 aliphatic rings. The van der Waals surface area contributed by atoms with Crippen LogP contribution in [-0.2, 0) is 13.8 Å². The fourth-order valence-corrected chi connectivity index (χ4v) is 4.50. The van der Waals surface area contributed by atoms with Gasteiger partial charge >= 0.3 is 7.60 Å². The monoisotopic (exact) mass is 490 g/mol. The molecular weight excluding hydrogens is 455 g/mol. The van der Waals surface area contributed by atoms with Crippen LogP contribution in [0, 0.1) is 0 Å². The normalized spacial score (nSPS) is 19.4. The maximum Gasteiger partial charge on any atom is 0.359 e. The highest BCUT2D eigenvalue weighted by Gasteiger charge is 2.46. The van der Waals surface area contributed by atoms with Crippen molar-refractivity contribution in [1.82, 2.24) is 14.5 Å². The van der Waals surface area contributed by atoms with Gasteiger partial charge in [0.1, 0.15) is 17.4 Å². The van der Waals surface area contributed by atoms with Gasteiger partial charge in [0.05, 0.1) is 32.3 Å². The van der Waals surface area contributed by atoms with Crippen molar-refractivity contribution in [2.24, 2.45) is 0 Å². The first kappa shape index (κ1) is 27.5. The van der Waals surface area contributed by atoms with Crippen molar-refractivity contribution < 1.29 is 38.8 Å². The van der Waals surface area contributed by atoms with Crippen LogP contribution in [0.1, 0.15) is 53.2 Å². The van der Waals surface area contributed by atoms with Gasteiger partial charge in [-0.25, -0.2) is 9.97 Å². The number of hydrogen-bond acceptors (Lipinski definition) is 10. The zero-order valence-corrected chi connectivity index (χ0v) is 20.5. The Morgan fingerprint density at radius 2 is 1.97 bits per heavy atom. The Labute approximate surface area is 192 Å².